The van der Waals surface area contributed by atoms with Crippen LogP contribution in [0.5, 0.6) is 5.75 Å². The van der Waals surface area contributed by atoms with Crippen molar-refractivity contribution in [3.63, 3.8) is 0 Å². The van der Waals surface area contributed by atoms with E-state index in [0.717, 1.165) is 5.69 Å². The van der Waals surface area contributed by atoms with Crippen molar-refractivity contribution in [3.8, 4) is 17.5 Å². The molecule has 0 aliphatic rings. The molecule has 0 saturated heterocycles. The number of rotatable bonds is 6. The maximum atomic E-state index is 12.3. The van der Waals surface area contributed by atoms with Gasteiger partial charge in [-0.2, -0.15) is 10.4 Å². The molecule has 0 saturated carbocycles. The van der Waals surface area contributed by atoms with E-state index < -0.39 is 12.1 Å². The van der Waals surface area contributed by atoms with Gasteiger partial charge in [-0.1, -0.05) is 29.8 Å². The van der Waals surface area contributed by atoms with Gasteiger partial charge in [0.2, 0.25) is 0 Å². The van der Waals surface area contributed by atoms with E-state index in [2.05, 4.69) is 5.10 Å². The van der Waals surface area contributed by atoms with E-state index in [9.17, 15) is 4.79 Å². The highest BCUT2D eigenvalue weighted by Gasteiger charge is 2.20. The number of para-hydroxylation sites is 1. The highest BCUT2D eigenvalue weighted by molar-refractivity contribution is 6.30. The Morgan fingerprint density at radius 2 is 1.89 bits per heavy atom. The zero-order valence-electron chi connectivity index (χ0n) is 15.4. The number of nitriles is 1. The lowest BCUT2D eigenvalue weighted by Gasteiger charge is -2.14. The summed E-state index contributed by atoms with van der Waals surface area (Å²) in [6, 6.07) is 18.0. The number of hydrogen-bond donors (Lipinski definition) is 0. The molecule has 0 aliphatic carbocycles. The van der Waals surface area contributed by atoms with Gasteiger partial charge in [-0.15, -0.1) is 0 Å². The zero-order chi connectivity index (χ0) is 20.1. The number of carbonyl (C=O) groups excluding carboxylic acids is 1. The average molecular weight is 396 g/mol. The second kappa shape index (κ2) is 8.59. The van der Waals surface area contributed by atoms with E-state index in [1.807, 2.05) is 43.3 Å². The lowest BCUT2D eigenvalue weighted by atomic mass is 10.2. The fourth-order valence-electron chi connectivity index (χ4n) is 2.56. The lowest BCUT2D eigenvalue weighted by molar-refractivity contribution is -0.152. The Labute approximate surface area is 167 Å². The fraction of sp³-hybridized carbons (Fsp3) is 0.190. The lowest BCUT2D eigenvalue weighted by Crippen LogP contribution is -2.26. The average Bonchev–Trinajstić information content (AvgIpc) is 3.01. The van der Waals surface area contributed by atoms with Gasteiger partial charge in [-0.05, 0) is 50.2 Å². The molecular formula is C21H18ClN3O3. The molecule has 0 bridgehead atoms. The molecule has 3 rings (SSSR count). The molecular weight excluding hydrogens is 378 g/mol. The molecule has 0 amide bonds. The summed E-state index contributed by atoms with van der Waals surface area (Å²) in [7, 11) is 0. The summed E-state index contributed by atoms with van der Waals surface area (Å²) in [5.41, 5.74) is 2.67. The number of ether oxygens (including phenoxy) is 2. The van der Waals surface area contributed by atoms with Crippen LogP contribution in [0.15, 0.2) is 54.6 Å². The van der Waals surface area contributed by atoms with Crippen molar-refractivity contribution in [2.75, 3.05) is 0 Å². The number of nitrogens with zero attached hydrogens (tertiary/aromatic N) is 3. The van der Waals surface area contributed by atoms with E-state index in [0.29, 0.717) is 27.7 Å². The summed E-state index contributed by atoms with van der Waals surface area (Å²) < 4.78 is 12.5. The molecule has 3 aromatic rings. The molecule has 1 aromatic heterocycles. The maximum Gasteiger partial charge on any atom is 0.347 e. The minimum absolute atomic E-state index is 0.00258. The van der Waals surface area contributed by atoms with Crippen LogP contribution in [0, 0.1) is 18.3 Å². The minimum atomic E-state index is -0.809. The third kappa shape index (κ3) is 4.33. The largest absolute Gasteiger partial charge is 0.479 e. The van der Waals surface area contributed by atoms with Gasteiger partial charge in [-0.25, -0.2) is 9.48 Å². The number of esters is 1. The van der Waals surface area contributed by atoms with E-state index in [1.54, 1.807) is 35.9 Å². The van der Waals surface area contributed by atoms with Crippen LogP contribution in [0.1, 0.15) is 23.7 Å². The standard InChI is InChI=1S/C21H18ClN3O3/c1-14-19(20(22)25(24-14)17-6-4-3-5-7-17)13-27-21(26)15(2)28-18-10-8-16(12-23)9-11-18/h3-11,15H,13H2,1-2H3/t15-/m0/s1. The SMILES string of the molecule is Cc1nn(-c2ccccc2)c(Cl)c1COC(=O)[C@H](C)Oc1ccc(C#N)cc1. The first-order valence-electron chi connectivity index (χ1n) is 8.62. The highest BCUT2D eigenvalue weighted by atomic mass is 35.5. The van der Waals surface area contributed by atoms with Gasteiger partial charge in [0.1, 0.15) is 17.5 Å². The van der Waals surface area contributed by atoms with Crippen LogP contribution in [0.2, 0.25) is 5.15 Å². The van der Waals surface area contributed by atoms with E-state index in [-0.39, 0.29) is 6.61 Å². The van der Waals surface area contributed by atoms with Gasteiger partial charge in [0.15, 0.2) is 6.10 Å². The number of carbonyl (C=O) groups is 1. The Morgan fingerprint density at radius 1 is 1.21 bits per heavy atom. The van der Waals surface area contributed by atoms with Crippen molar-refractivity contribution in [1.29, 1.82) is 5.26 Å². The summed E-state index contributed by atoms with van der Waals surface area (Å²) in [5, 5.41) is 13.6. The topological polar surface area (TPSA) is 77.1 Å². The van der Waals surface area contributed by atoms with Gasteiger partial charge in [0.05, 0.1) is 23.0 Å². The Kier molecular flexibility index (Phi) is 5.97. The van der Waals surface area contributed by atoms with Crippen molar-refractivity contribution in [2.45, 2.75) is 26.6 Å². The molecule has 28 heavy (non-hydrogen) atoms. The van der Waals surface area contributed by atoms with Crippen molar-refractivity contribution >= 4 is 17.6 Å². The van der Waals surface area contributed by atoms with Crippen LogP contribution in [0.4, 0.5) is 0 Å². The summed E-state index contributed by atoms with van der Waals surface area (Å²) in [6.07, 6.45) is -0.809. The molecule has 0 unspecified atom stereocenters. The number of aromatic nitrogens is 2. The Hall–Kier alpha value is -3.30. The first-order chi connectivity index (χ1) is 13.5. The Bertz CT molecular complexity index is 1010. The third-order valence-corrected chi connectivity index (χ3v) is 4.50. The Morgan fingerprint density at radius 3 is 2.54 bits per heavy atom. The smallest absolute Gasteiger partial charge is 0.347 e. The molecule has 0 N–H and O–H groups in total. The van der Waals surface area contributed by atoms with Crippen LogP contribution in [-0.2, 0) is 16.1 Å². The summed E-state index contributed by atoms with van der Waals surface area (Å²) in [4.78, 5) is 12.3. The van der Waals surface area contributed by atoms with Crippen LogP contribution >= 0.6 is 11.6 Å². The van der Waals surface area contributed by atoms with Gasteiger partial charge < -0.3 is 9.47 Å². The number of halogens is 1. The molecule has 7 heteroatoms. The van der Waals surface area contributed by atoms with Crippen LogP contribution < -0.4 is 4.74 Å². The second-order valence-electron chi connectivity index (χ2n) is 6.11. The van der Waals surface area contributed by atoms with Gasteiger partial charge in [0.25, 0.3) is 0 Å². The van der Waals surface area contributed by atoms with Gasteiger partial charge in [-0.3, -0.25) is 0 Å². The molecule has 0 spiro atoms. The zero-order valence-corrected chi connectivity index (χ0v) is 16.2. The first kappa shape index (κ1) is 19.5. The molecule has 0 aliphatic heterocycles. The third-order valence-electron chi connectivity index (χ3n) is 4.11. The molecule has 1 atom stereocenters. The maximum absolute atomic E-state index is 12.3. The number of aryl methyl sites for hydroxylation is 1. The molecule has 1 heterocycles. The van der Waals surface area contributed by atoms with Crippen LogP contribution in [0.25, 0.3) is 5.69 Å². The van der Waals surface area contributed by atoms with Gasteiger partial charge >= 0.3 is 5.97 Å². The minimum Gasteiger partial charge on any atom is -0.479 e. The molecule has 2 aromatic carbocycles. The predicted octanol–water partition coefficient (Wildman–Crippen LogP) is 4.22. The van der Waals surface area contributed by atoms with E-state index in [1.165, 1.54) is 0 Å². The van der Waals surface area contributed by atoms with Gasteiger partial charge in [0, 0.05) is 5.56 Å². The van der Waals surface area contributed by atoms with Crippen molar-refractivity contribution in [2.24, 2.45) is 0 Å². The summed E-state index contributed by atoms with van der Waals surface area (Å²) in [6.45, 7) is 3.41. The molecule has 0 radical (unpaired) electrons. The van der Waals surface area contributed by atoms with Crippen molar-refractivity contribution in [3.05, 3.63) is 76.6 Å². The fourth-order valence-corrected chi connectivity index (χ4v) is 2.88. The first-order valence-corrected chi connectivity index (χ1v) is 9.00. The van der Waals surface area contributed by atoms with Crippen LogP contribution in [-0.4, -0.2) is 21.9 Å². The molecule has 6 nitrogen and oxygen atoms in total. The normalized spacial score (nSPS) is 11.5. The summed E-state index contributed by atoms with van der Waals surface area (Å²) >= 11 is 6.44. The molecule has 142 valence electrons. The Balaban J connectivity index is 1.64. The highest BCUT2D eigenvalue weighted by Crippen LogP contribution is 2.24. The monoisotopic (exact) mass is 395 g/mol. The van der Waals surface area contributed by atoms with E-state index >= 15 is 0 Å². The van der Waals surface area contributed by atoms with E-state index in [4.69, 9.17) is 26.3 Å². The predicted molar refractivity (Wildman–Crippen MR) is 104 cm³/mol. The molecule has 0 fully saturated rings. The quantitative estimate of drug-likeness (QED) is 0.584. The number of hydrogen-bond acceptors (Lipinski definition) is 5. The summed E-state index contributed by atoms with van der Waals surface area (Å²) in [5.74, 6) is -0.0400. The van der Waals surface area contributed by atoms with Crippen molar-refractivity contribution < 1.29 is 14.3 Å². The van der Waals surface area contributed by atoms with Crippen LogP contribution in [0.3, 0.4) is 0 Å². The second-order valence-corrected chi connectivity index (χ2v) is 6.46. The number of benzene rings is 2. The van der Waals surface area contributed by atoms with Crippen molar-refractivity contribution in [1.82, 2.24) is 9.78 Å².